The van der Waals surface area contributed by atoms with Gasteiger partial charge in [0, 0.05) is 5.25 Å². The van der Waals surface area contributed by atoms with Crippen molar-refractivity contribution >= 4 is 18.6 Å². The Morgan fingerprint density at radius 2 is 2.60 bits per heavy atom. The number of thiol groups is 1. The van der Waals surface area contributed by atoms with Crippen LogP contribution in [0.3, 0.4) is 0 Å². The van der Waals surface area contributed by atoms with Crippen LogP contribution in [0.15, 0.2) is 11.8 Å². The number of carbonyl (C=O) groups is 1. The Hall–Kier alpha value is -0.640. The van der Waals surface area contributed by atoms with E-state index in [1.807, 2.05) is 0 Å². The van der Waals surface area contributed by atoms with Gasteiger partial charge in [0.05, 0.1) is 18.4 Å². The molecule has 0 spiro atoms. The van der Waals surface area contributed by atoms with Crippen molar-refractivity contribution in [2.45, 2.75) is 11.7 Å². The Bertz CT molecular complexity index is 176. The zero-order valence-electron chi connectivity index (χ0n) is 5.28. The van der Waals surface area contributed by atoms with Crippen molar-refractivity contribution in [2.75, 3.05) is 6.61 Å². The van der Waals surface area contributed by atoms with E-state index in [4.69, 9.17) is 9.84 Å². The molecule has 1 aliphatic heterocycles. The molecule has 1 atom stereocenters. The molecule has 0 amide bonds. The van der Waals surface area contributed by atoms with Crippen molar-refractivity contribution in [1.29, 1.82) is 0 Å². The van der Waals surface area contributed by atoms with Crippen LogP contribution in [0.1, 0.15) is 6.42 Å². The zero-order valence-corrected chi connectivity index (χ0v) is 6.17. The van der Waals surface area contributed by atoms with Crippen LogP contribution in [0.25, 0.3) is 0 Å². The van der Waals surface area contributed by atoms with Crippen LogP contribution in [0, 0.1) is 0 Å². The molecule has 0 aromatic rings. The number of hydrogen-bond donors (Lipinski definition) is 2. The van der Waals surface area contributed by atoms with Gasteiger partial charge in [-0.2, -0.15) is 12.6 Å². The smallest absolute Gasteiger partial charge is 0.334 e. The number of carboxylic acids is 1. The van der Waals surface area contributed by atoms with Crippen molar-refractivity contribution in [2.24, 2.45) is 0 Å². The summed E-state index contributed by atoms with van der Waals surface area (Å²) >= 11 is 4.09. The highest BCUT2D eigenvalue weighted by Crippen LogP contribution is 2.16. The topological polar surface area (TPSA) is 46.5 Å². The van der Waals surface area contributed by atoms with E-state index in [1.54, 1.807) is 0 Å². The van der Waals surface area contributed by atoms with Gasteiger partial charge >= 0.3 is 5.97 Å². The maximum atomic E-state index is 10.3. The predicted molar refractivity (Wildman–Crippen MR) is 39.1 cm³/mol. The van der Waals surface area contributed by atoms with Crippen LogP contribution in [0.4, 0.5) is 0 Å². The maximum Gasteiger partial charge on any atom is 0.334 e. The van der Waals surface area contributed by atoms with Gasteiger partial charge in [-0.1, -0.05) is 0 Å². The van der Waals surface area contributed by atoms with Crippen LogP contribution >= 0.6 is 12.6 Å². The molecule has 0 saturated heterocycles. The molecule has 0 aromatic carbocycles. The minimum Gasteiger partial charge on any atom is -0.499 e. The Labute approximate surface area is 64.1 Å². The zero-order chi connectivity index (χ0) is 7.56. The first-order valence-electron chi connectivity index (χ1n) is 2.92. The first-order chi connectivity index (χ1) is 4.70. The van der Waals surface area contributed by atoms with Crippen LogP contribution in [0.5, 0.6) is 0 Å². The van der Waals surface area contributed by atoms with E-state index < -0.39 is 5.97 Å². The van der Waals surface area contributed by atoms with Gasteiger partial charge in [0.2, 0.25) is 0 Å². The summed E-state index contributed by atoms with van der Waals surface area (Å²) in [6, 6.07) is 0. The fourth-order valence-electron chi connectivity index (χ4n) is 0.758. The second-order valence-corrected chi connectivity index (χ2v) is 2.87. The van der Waals surface area contributed by atoms with Crippen molar-refractivity contribution in [1.82, 2.24) is 0 Å². The van der Waals surface area contributed by atoms with Crippen molar-refractivity contribution in [3.05, 3.63) is 11.8 Å². The van der Waals surface area contributed by atoms with E-state index >= 15 is 0 Å². The van der Waals surface area contributed by atoms with E-state index in [0.29, 0.717) is 18.6 Å². The lowest BCUT2D eigenvalue weighted by atomic mass is 10.1. The predicted octanol–water partition coefficient (Wildman–Crippen LogP) is 0.674. The highest BCUT2D eigenvalue weighted by Gasteiger charge is 2.17. The summed E-state index contributed by atoms with van der Waals surface area (Å²) in [4.78, 5) is 10.3. The molecule has 0 saturated carbocycles. The molecule has 10 heavy (non-hydrogen) atoms. The second kappa shape index (κ2) is 2.96. The van der Waals surface area contributed by atoms with E-state index in [2.05, 4.69) is 12.6 Å². The van der Waals surface area contributed by atoms with Gasteiger partial charge in [0.15, 0.2) is 0 Å². The molecule has 0 radical (unpaired) electrons. The third-order valence-electron chi connectivity index (χ3n) is 1.24. The highest BCUT2D eigenvalue weighted by molar-refractivity contribution is 7.81. The average molecular weight is 160 g/mol. The van der Waals surface area contributed by atoms with Gasteiger partial charge in [0.1, 0.15) is 0 Å². The van der Waals surface area contributed by atoms with E-state index in [-0.39, 0.29) is 5.25 Å². The molecule has 1 aliphatic rings. The Balaban J connectivity index is 2.60. The first kappa shape index (κ1) is 7.47. The second-order valence-electron chi connectivity index (χ2n) is 2.14. The lowest BCUT2D eigenvalue weighted by Gasteiger charge is -2.15. The maximum absolute atomic E-state index is 10.3. The van der Waals surface area contributed by atoms with E-state index in [9.17, 15) is 4.79 Å². The normalized spacial score (nSPS) is 24.9. The molecule has 4 heteroatoms. The Kier molecular flexibility index (Phi) is 2.21. The highest BCUT2D eigenvalue weighted by atomic mass is 32.1. The number of carboxylic acid groups (broad SMARTS) is 1. The van der Waals surface area contributed by atoms with Gasteiger partial charge < -0.3 is 9.84 Å². The van der Waals surface area contributed by atoms with Gasteiger partial charge in [-0.15, -0.1) is 0 Å². The molecule has 3 nitrogen and oxygen atoms in total. The molecular weight excluding hydrogens is 152 g/mol. The number of aliphatic carboxylic acids is 1. The summed E-state index contributed by atoms with van der Waals surface area (Å²) in [6.45, 7) is 0.500. The van der Waals surface area contributed by atoms with Crippen molar-refractivity contribution in [3.63, 3.8) is 0 Å². The SMILES string of the molecule is O=C(O)C1=COCC(S)C1. The molecule has 1 rings (SSSR count). The Morgan fingerprint density at radius 3 is 3.00 bits per heavy atom. The number of hydrogen-bond acceptors (Lipinski definition) is 3. The van der Waals surface area contributed by atoms with Crippen molar-refractivity contribution < 1.29 is 14.6 Å². The molecule has 0 fully saturated rings. The van der Waals surface area contributed by atoms with Crippen molar-refractivity contribution in [3.8, 4) is 0 Å². The standard InChI is InChI=1S/C6H8O3S/c7-6(8)4-1-5(10)3-9-2-4/h2,5,10H,1,3H2,(H,7,8). The molecule has 56 valence electrons. The first-order valence-corrected chi connectivity index (χ1v) is 3.44. The minimum atomic E-state index is -0.918. The molecule has 1 N–H and O–H groups in total. The van der Waals surface area contributed by atoms with E-state index in [0.717, 1.165) is 0 Å². The number of rotatable bonds is 1. The monoisotopic (exact) mass is 160 g/mol. The van der Waals surface area contributed by atoms with Crippen LogP contribution in [-0.4, -0.2) is 22.9 Å². The largest absolute Gasteiger partial charge is 0.499 e. The summed E-state index contributed by atoms with van der Waals surface area (Å²) in [5.41, 5.74) is 0.297. The minimum absolute atomic E-state index is 0.0242. The summed E-state index contributed by atoms with van der Waals surface area (Å²) in [5, 5.41) is 8.50. The molecule has 0 aromatic heterocycles. The lowest BCUT2D eigenvalue weighted by Crippen LogP contribution is -2.17. The summed E-state index contributed by atoms with van der Waals surface area (Å²) in [6.07, 6.45) is 1.77. The molecule has 1 heterocycles. The Morgan fingerprint density at radius 1 is 1.90 bits per heavy atom. The third kappa shape index (κ3) is 1.67. The fourth-order valence-corrected chi connectivity index (χ4v) is 1.04. The summed E-state index contributed by atoms with van der Waals surface area (Å²) in [7, 11) is 0. The van der Waals surface area contributed by atoms with Gasteiger partial charge in [0.25, 0.3) is 0 Å². The van der Waals surface area contributed by atoms with Gasteiger partial charge in [-0.3, -0.25) is 0 Å². The fraction of sp³-hybridized carbons (Fsp3) is 0.500. The van der Waals surface area contributed by atoms with Crippen LogP contribution in [-0.2, 0) is 9.53 Å². The summed E-state index contributed by atoms with van der Waals surface area (Å²) < 4.78 is 4.84. The third-order valence-corrected chi connectivity index (χ3v) is 1.58. The van der Waals surface area contributed by atoms with E-state index in [1.165, 1.54) is 6.26 Å². The van der Waals surface area contributed by atoms with Gasteiger partial charge in [-0.25, -0.2) is 4.79 Å². The molecule has 0 aliphatic carbocycles. The molecular formula is C6H8O3S. The quantitative estimate of drug-likeness (QED) is 0.554. The molecule has 0 bridgehead atoms. The number of ether oxygens (including phenoxy) is 1. The summed E-state index contributed by atoms with van der Waals surface area (Å²) in [5.74, 6) is -0.918. The average Bonchev–Trinajstić information content (AvgIpc) is 1.88. The van der Waals surface area contributed by atoms with Gasteiger partial charge in [-0.05, 0) is 6.42 Å². The lowest BCUT2D eigenvalue weighted by molar-refractivity contribution is -0.133. The van der Waals surface area contributed by atoms with Crippen LogP contribution in [0.2, 0.25) is 0 Å². The molecule has 1 unspecified atom stereocenters. The van der Waals surface area contributed by atoms with Crippen LogP contribution < -0.4 is 0 Å².